The molecule has 0 saturated carbocycles. The third-order valence-corrected chi connectivity index (χ3v) is 5.10. The van der Waals surface area contributed by atoms with Crippen LogP contribution in [-0.2, 0) is 20.8 Å². The summed E-state index contributed by atoms with van der Waals surface area (Å²) in [4.78, 5) is 30.2. The molecule has 1 fully saturated rings. The summed E-state index contributed by atoms with van der Waals surface area (Å²) in [7, 11) is 0. The number of carbonyl (C=O) groups is 2. The second-order valence-electron chi connectivity index (χ2n) is 6.43. The molecule has 2 rings (SSSR count). The topological polar surface area (TPSA) is 78.9 Å². The highest BCUT2D eigenvalue weighted by molar-refractivity contribution is 7.98. The van der Waals surface area contributed by atoms with Crippen LogP contribution in [0.15, 0.2) is 30.3 Å². The van der Waals surface area contributed by atoms with E-state index in [-0.39, 0.29) is 18.4 Å². The highest BCUT2D eigenvalue weighted by Crippen LogP contribution is 2.15. The molecule has 2 atom stereocenters. The quantitative estimate of drug-likeness (QED) is 0.574. The van der Waals surface area contributed by atoms with E-state index in [1.807, 2.05) is 36.6 Å². The number of carboxylic acids is 1. The average molecular weight is 381 g/mol. The zero-order valence-electron chi connectivity index (χ0n) is 15.2. The standard InChI is InChI=1S/C19H28N2O4S/c1-26-13-11-17(19(23)24)21(25-14-16-8-5-12-20-16)18(22)10-9-15-6-3-2-4-7-15/h2-4,6-7,16-17,20H,5,8-14H2,1H3,(H,23,24)/t16?,17-/m0/s1. The Balaban J connectivity index is 2.00. The SMILES string of the molecule is CSCC[C@@H](C(=O)O)N(OCC1CCCN1)C(=O)CCc1ccccc1. The number of benzene rings is 1. The number of aliphatic carboxylic acids is 1. The van der Waals surface area contributed by atoms with Gasteiger partial charge in [-0.15, -0.1) is 0 Å². The second kappa shape index (κ2) is 11.2. The number of nitrogens with one attached hydrogen (secondary N) is 1. The lowest BCUT2D eigenvalue weighted by molar-refractivity contribution is -0.209. The third kappa shape index (κ3) is 6.63. The molecule has 7 heteroatoms. The molecule has 0 bridgehead atoms. The van der Waals surface area contributed by atoms with Crippen LogP contribution < -0.4 is 5.32 Å². The molecule has 1 aliphatic rings. The second-order valence-corrected chi connectivity index (χ2v) is 7.42. The van der Waals surface area contributed by atoms with Gasteiger partial charge < -0.3 is 10.4 Å². The highest BCUT2D eigenvalue weighted by Gasteiger charge is 2.31. The number of carbonyl (C=O) groups excluding carboxylic acids is 1. The molecule has 6 nitrogen and oxygen atoms in total. The van der Waals surface area contributed by atoms with Gasteiger partial charge in [-0.05, 0) is 49.8 Å². The summed E-state index contributed by atoms with van der Waals surface area (Å²) in [6.45, 7) is 1.25. The number of hydrogen-bond acceptors (Lipinski definition) is 5. The van der Waals surface area contributed by atoms with Crippen LogP contribution in [0.5, 0.6) is 0 Å². The van der Waals surface area contributed by atoms with Gasteiger partial charge in [0.1, 0.15) is 0 Å². The first-order chi connectivity index (χ1) is 12.6. The number of nitrogens with zero attached hydrogens (tertiary/aromatic N) is 1. The Kier molecular flexibility index (Phi) is 8.94. The Morgan fingerprint density at radius 2 is 2.15 bits per heavy atom. The van der Waals surface area contributed by atoms with Gasteiger partial charge >= 0.3 is 5.97 Å². The fourth-order valence-corrected chi connectivity index (χ4v) is 3.44. The van der Waals surface area contributed by atoms with Crippen molar-refractivity contribution < 1.29 is 19.5 Å². The fraction of sp³-hybridized carbons (Fsp3) is 0.579. The zero-order chi connectivity index (χ0) is 18.8. The van der Waals surface area contributed by atoms with E-state index in [9.17, 15) is 14.7 Å². The summed E-state index contributed by atoms with van der Waals surface area (Å²) in [5.74, 6) is -0.642. The maximum absolute atomic E-state index is 12.7. The summed E-state index contributed by atoms with van der Waals surface area (Å²) >= 11 is 1.56. The van der Waals surface area contributed by atoms with Crippen LogP contribution in [0.3, 0.4) is 0 Å². The van der Waals surface area contributed by atoms with Gasteiger partial charge in [-0.2, -0.15) is 11.8 Å². The van der Waals surface area contributed by atoms with Crippen LogP contribution in [0.2, 0.25) is 0 Å². The van der Waals surface area contributed by atoms with Crippen molar-refractivity contribution in [3.05, 3.63) is 35.9 Å². The molecule has 0 aromatic heterocycles. The first-order valence-corrected chi connectivity index (χ1v) is 10.4. The zero-order valence-corrected chi connectivity index (χ0v) is 16.0. The minimum absolute atomic E-state index is 0.175. The fourth-order valence-electron chi connectivity index (χ4n) is 2.98. The Hall–Kier alpha value is -1.57. The average Bonchev–Trinajstić information content (AvgIpc) is 3.16. The molecule has 1 saturated heterocycles. The maximum Gasteiger partial charge on any atom is 0.329 e. The smallest absolute Gasteiger partial charge is 0.329 e. The molecule has 0 aliphatic carbocycles. The number of thioether (sulfide) groups is 1. The lowest BCUT2D eigenvalue weighted by Crippen LogP contribution is -2.47. The lowest BCUT2D eigenvalue weighted by atomic mass is 10.1. The van der Waals surface area contributed by atoms with E-state index in [4.69, 9.17) is 4.84 Å². The molecule has 1 aromatic carbocycles. The van der Waals surface area contributed by atoms with E-state index in [0.717, 1.165) is 30.0 Å². The third-order valence-electron chi connectivity index (χ3n) is 4.46. The molecule has 1 aromatic rings. The van der Waals surface area contributed by atoms with E-state index < -0.39 is 12.0 Å². The number of rotatable bonds is 11. The minimum Gasteiger partial charge on any atom is -0.480 e. The summed E-state index contributed by atoms with van der Waals surface area (Å²) in [5, 5.41) is 14.0. The Morgan fingerprint density at radius 1 is 1.38 bits per heavy atom. The van der Waals surface area contributed by atoms with E-state index in [0.29, 0.717) is 25.2 Å². The van der Waals surface area contributed by atoms with Crippen LogP contribution in [0.4, 0.5) is 0 Å². The first kappa shape index (κ1) is 20.7. The predicted octanol–water partition coefficient (Wildman–Crippen LogP) is 2.34. The molecule has 26 heavy (non-hydrogen) atoms. The molecular formula is C19H28N2O4S. The number of hydrogen-bond donors (Lipinski definition) is 2. The Bertz CT molecular complexity index is 564. The molecule has 2 N–H and O–H groups in total. The van der Waals surface area contributed by atoms with Crippen LogP contribution in [0, 0.1) is 0 Å². The van der Waals surface area contributed by atoms with Gasteiger partial charge in [0.2, 0.25) is 5.91 Å². The largest absolute Gasteiger partial charge is 0.480 e. The van der Waals surface area contributed by atoms with E-state index in [1.165, 1.54) is 0 Å². The van der Waals surface area contributed by atoms with Crippen LogP contribution in [-0.4, -0.2) is 59.3 Å². The molecule has 1 amide bonds. The molecule has 144 valence electrons. The predicted molar refractivity (Wildman–Crippen MR) is 103 cm³/mol. The number of hydroxylamine groups is 2. The molecular weight excluding hydrogens is 352 g/mol. The van der Waals surface area contributed by atoms with Crippen molar-refractivity contribution >= 4 is 23.6 Å². The van der Waals surface area contributed by atoms with Gasteiger partial charge in [-0.25, -0.2) is 9.86 Å². The monoisotopic (exact) mass is 380 g/mol. The minimum atomic E-state index is -1.02. The van der Waals surface area contributed by atoms with Crippen LogP contribution in [0.1, 0.15) is 31.2 Å². The Morgan fingerprint density at radius 3 is 2.77 bits per heavy atom. The Labute approximate surface area is 159 Å². The van der Waals surface area contributed by atoms with Crippen molar-refractivity contribution in [2.24, 2.45) is 0 Å². The van der Waals surface area contributed by atoms with Gasteiger partial charge in [0, 0.05) is 12.5 Å². The van der Waals surface area contributed by atoms with Crippen molar-refractivity contribution in [2.75, 3.05) is 25.2 Å². The molecule has 0 radical (unpaired) electrons. The van der Waals surface area contributed by atoms with Crippen molar-refractivity contribution in [1.82, 2.24) is 10.4 Å². The van der Waals surface area contributed by atoms with Crippen molar-refractivity contribution in [3.63, 3.8) is 0 Å². The van der Waals surface area contributed by atoms with Gasteiger partial charge in [0.25, 0.3) is 0 Å². The number of carboxylic acid groups (broad SMARTS) is 1. The summed E-state index contributed by atoms with van der Waals surface area (Å²) < 4.78 is 0. The van der Waals surface area contributed by atoms with E-state index in [1.54, 1.807) is 11.8 Å². The van der Waals surface area contributed by atoms with Crippen molar-refractivity contribution in [1.29, 1.82) is 0 Å². The van der Waals surface area contributed by atoms with Gasteiger partial charge in [-0.3, -0.25) is 9.63 Å². The van der Waals surface area contributed by atoms with Crippen LogP contribution in [0.25, 0.3) is 0 Å². The highest BCUT2D eigenvalue weighted by atomic mass is 32.2. The summed E-state index contributed by atoms with van der Waals surface area (Å²) in [6, 6.07) is 8.93. The van der Waals surface area contributed by atoms with Crippen LogP contribution >= 0.6 is 11.8 Å². The first-order valence-electron chi connectivity index (χ1n) is 9.06. The van der Waals surface area contributed by atoms with Gasteiger partial charge in [0.05, 0.1) is 6.61 Å². The van der Waals surface area contributed by atoms with Crippen molar-refractivity contribution in [3.8, 4) is 0 Å². The van der Waals surface area contributed by atoms with Gasteiger partial charge in [0.15, 0.2) is 6.04 Å². The normalized spacial score (nSPS) is 17.8. The molecule has 1 heterocycles. The van der Waals surface area contributed by atoms with E-state index in [2.05, 4.69) is 5.32 Å². The maximum atomic E-state index is 12.7. The summed E-state index contributed by atoms with van der Waals surface area (Å²) in [6.07, 6.45) is 5.14. The molecule has 1 unspecified atom stereocenters. The molecule has 1 aliphatic heterocycles. The van der Waals surface area contributed by atoms with Gasteiger partial charge in [-0.1, -0.05) is 30.3 Å². The summed E-state index contributed by atoms with van der Waals surface area (Å²) in [5.41, 5.74) is 1.05. The number of amides is 1. The van der Waals surface area contributed by atoms with E-state index >= 15 is 0 Å². The van der Waals surface area contributed by atoms with Crippen molar-refractivity contribution in [2.45, 2.75) is 44.2 Å². The number of aryl methyl sites for hydroxylation is 1. The lowest BCUT2D eigenvalue weighted by Gasteiger charge is -2.29. The molecule has 0 spiro atoms.